The topological polar surface area (TPSA) is 47.6 Å². The van der Waals surface area contributed by atoms with Crippen LogP contribution in [0.1, 0.15) is 38.6 Å². The van der Waals surface area contributed by atoms with Crippen LogP contribution in [0.3, 0.4) is 0 Å². The summed E-state index contributed by atoms with van der Waals surface area (Å²) >= 11 is 1.76. The second-order valence-corrected chi connectivity index (χ2v) is 9.33. The zero-order valence-corrected chi connectivity index (χ0v) is 14.7. The Morgan fingerprint density at radius 1 is 1.19 bits per heavy atom. The highest BCUT2D eigenvalue weighted by Crippen LogP contribution is 2.63. The van der Waals surface area contributed by atoms with E-state index in [-0.39, 0.29) is 15.9 Å². The van der Waals surface area contributed by atoms with Crippen molar-refractivity contribution in [3.63, 3.8) is 0 Å². The third-order valence-electron chi connectivity index (χ3n) is 3.43. The number of rotatable bonds is 6. The van der Waals surface area contributed by atoms with Gasteiger partial charge in [-0.25, -0.2) is 0 Å². The molecular formula is C15H24NO3PS. The van der Waals surface area contributed by atoms with E-state index in [9.17, 15) is 4.57 Å². The van der Waals surface area contributed by atoms with Gasteiger partial charge in [-0.05, 0) is 33.3 Å². The fourth-order valence-corrected chi connectivity index (χ4v) is 6.71. The Labute approximate surface area is 131 Å². The zero-order valence-electron chi connectivity index (χ0n) is 13.0. The summed E-state index contributed by atoms with van der Waals surface area (Å²) in [6.07, 6.45) is 0. The van der Waals surface area contributed by atoms with Crippen molar-refractivity contribution in [3.05, 3.63) is 35.9 Å². The van der Waals surface area contributed by atoms with Crippen LogP contribution in [0.2, 0.25) is 0 Å². The lowest BCUT2D eigenvalue weighted by atomic mass is 10.2. The molecule has 4 nitrogen and oxygen atoms in total. The van der Waals surface area contributed by atoms with E-state index in [4.69, 9.17) is 9.05 Å². The standard InChI is InChI=1S/C15H24NO3PS/c1-5-18-20(17,19-6-2)14-15(3,4)21-13(16-14)12-10-8-7-9-11-12/h7-11,13-14,16H,5-6H2,1-4H3/t13-,14+/m0/s1. The number of benzene rings is 1. The van der Waals surface area contributed by atoms with Crippen LogP contribution in [-0.2, 0) is 13.6 Å². The first-order chi connectivity index (χ1) is 9.93. The molecule has 0 aliphatic carbocycles. The van der Waals surface area contributed by atoms with Crippen molar-refractivity contribution in [2.75, 3.05) is 13.2 Å². The van der Waals surface area contributed by atoms with Gasteiger partial charge >= 0.3 is 7.60 Å². The summed E-state index contributed by atoms with van der Waals surface area (Å²) in [5, 5.41) is 3.56. The molecule has 1 aromatic carbocycles. The van der Waals surface area contributed by atoms with Crippen molar-refractivity contribution in [2.24, 2.45) is 0 Å². The van der Waals surface area contributed by atoms with Gasteiger partial charge in [0, 0.05) is 4.75 Å². The van der Waals surface area contributed by atoms with Gasteiger partial charge in [-0.15, -0.1) is 11.8 Å². The minimum absolute atomic E-state index is 0.0976. The fraction of sp³-hybridized carbons (Fsp3) is 0.600. The van der Waals surface area contributed by atoms with Gasteiger partial charge in [-0.1, -0.05) is 30.3 Å². The average Bonchev–Trinajstić information content (AvgIpc) is 2.77. The Kier molecular flexibility index (Phi) is 5.55. The van der Waals surface area contributed by atoms with Crippen LogP contribution in [-0.4, -0.2) is 23.7 Å². The molecule has 0 amide bonds. The van der Waals surface area contributed by atoms with Gasteiger partial charge in [0.25, 0.3) is 0 Å². The molecule has 6 heteroatoms. The first-order valence-electron chi connectivity index (χ1n) is 7.30. The number of thioether (sulfide) groups is 1. The summed E-state index contributed by atoms with van der Waals surface area (Å²) in [6.45, 7) is 8.62. The third kappa shape index (κ3) is 3.72. The lowest BCUT2D eigenvalue weighted by Crippen LogP contribution is -2.38. The molecule has 0 aromatic heterocycles. The van der Waals surface area contributed by atoms with E-state index in [0.29, 0.717) is 13.2 Å². The molecule has 21 heavy (non-hydrogen) atoms. The van der Waals surface area contributed by atoms with Gasteiger partial charge in [0.05, 0.1) is 18.6 Å². The minimum Gasteiger partial charge on any atom is -0.308 e. The molecule has 2 rings (SSSR count). The molecule has 1 aromatic rings. The van der Waals surface area contributed by atoms with Crippen LogP contribution in [0.25, 0.3) is 0 Å². The Balaban J connectivity index is 2.25. The van der Waals surface area contributed by atoms with Gasteiger partial charge in [-0.2, -0.15) is 0 Å². The molecule has 118 valence electrons. The van der Waals surface area contributed by atoms with E-state index in [0.717, 1.165) is 0 Å². The van der Waals surface area contributed by atoms with Crippen molar-refractivity contribution in [2.45, 2.75) is 43.6 Å². The Morgan fingerprint density at radius 3 is 2.29 bits per heavy atom. The molecule has 0 spiro atoms. The molecule has 1 fully saturated rings. The molecule has 1 saturated heterocycles. The zero-order chi connectivity index (χ0) is 15.5. The fourth-order valence-electron chi connectivity index (χ4n) is 2.56. The summed E-state index contributed by atoms with van der Waals surface area (Å²) in [5.74, 6) is -0.319. The van der Waals surface area contributed by atoms with Crippen LogP contribution in [0.15, 0.2) is 30.3 Å². The molecule has 1 heterocycles. The molecule has 0 bridgehead atoms. The van der Waals surface area contributed by atoms with E-state index >= 15 is 0 Å². The number of hydrogen-bond donors (Lipinski definition) is 1. The normalized spacial score (nSPS) is 25.1. The predicted octanol–water partition coefficient (Wildman–Crippen LogP) is 4.39. The highest BCUT2D eigenvalue weighted by molar-refractivity contribution is 8.01. The second kappa shape index (κ2) is 6.84. The summed E-state index contributed by atoms with van der Waals surface area (Å²) in [6, 6.07) is 10.2. The Morgan fingerprint density at radius 2 is 1.76 bits per heavy atom. The van der Waals surface area contributed by atoms with E-state index in [1.165, 1.54) is 5.56 Å². The molecule has 1 N–H and O–H groups in total. The van der Waals surface area contributed by atoms with Crippen LogP contribution in [0.4, 0.5) is 0 Å². The largest absolute Gasteiger partial charge is 0.348 e. The van der Waals surface area contributed by atoms with Crippen molar-refractivity contribution in [3.8, 4) is 0 Å². The van der Waals surface area contributed by atoms with Gasteiger partial charge < -0.3 is 9.05 Å². The number of hydrogen-bond acceptors (Lipinski definition) is 5. The van der Waals surface area contributed by atoms with E-state index in [1.54, 1.807) is 11.8 Å². The molecule has 0 radical (unpaired) electrons. The Hall–Kier alpha value is -0.320. The lowest BCUT2D eigenvalue weighted by molar-refractivity contribution is 0.204. The Bertz CT molecular complexity index is 499. The van der Waals surface area contributed by atoms with Gasteiger partial charge in [-0.3, -0.25) is 9.88 Å². The average molecular weight is 329 g/mol. The van der Waals surface area contributed by atoms with Crippen LogP contribution in [0, 0.1) is 0 Å². The highest BCUT2D eigenvalue weighted by atomic mass is 32.2. The lowest BCUT2D eigenvalue weighted by Gasteiger charge is -2.31. The smallest absolute Gasteiger partial charge is 0.308 e. The summed E-state index contributed by atoms with van der Waals surface area (Å²) in [7, 11) is -3.18. The first kappa shape index (κ1) is 17.0. The maximum atomic E-state index is 13.1. The van der Waals surface area contributed by atoms with E-state index in [2.05, 4.69) is 31.3 Å². The van der Waals surface area contributed by atoms with Crippen molar-refractivity contribution >= 4 is 19.4 Å². The van der Waals surface area contributed by atoms with E-state index < -0.39 is 7.60 Å². The molecule has 1 aliphatic heterocycles. The maximum Gasteiger partial charge on any atom is 0.348 e. The second-order valence-electron chi connectivity index (χ2n) is 5.46. The van der Waals surface area contributed by atoms with Crippen molar-refractivity contribution in [1.82, 2.24) is 5.32 Å². The molecule has 0 unspecified atom stereocenters. The van der Waals surface area contributed by atoms with Gasteiger partial charge in [0.2, 0.25) is 0 Å². The van der Waals surface area contributed by atoms with E-state index in [1.807, 2.05) is 32.0 Å². The highest BCUT2D eigenvalue weighted by Gasteiger charge is 2.52. The molecule has 1 aliphatic rings. The molecule has 0 saturated carbocycles. The first-order valence-corrected chi connectivity index (χ1v) is 9.79. The van der Waals surface area contributed by atoms with Crippen molar-refractivity contribution in [1.29, 1.82) is 0 Å². The van der Waals surface area contributed by atoms with Crippen LogP contribution < -0.4 is 5.32 Å². The predicted molar refractivity (Wildman–Crippen MR) is 88.6 cm³/mol. The summed E-state index contributed by atoms with van der Waals surface area (Å²) < 4.78 is 23.9. The van der Waals surface area contributed by atoms with Crippen LogP contribution in [0.5, 0.6) is 0 Å². The van der Waals surface area contributed by atoms with Crippen LogP contribution >= 0.6 is 19.4 Å². The quantitative estimate of drug-likeness (QED) is 0.784. The van der Waals surface area contributed by atoms with Gasteiger partial charge in [0.1, 0.15) is 5.78 Å². The summed E-state index contributed by atoms with van der Waals surface area (Å²) in [5.41, 5.74) is 1.18. The SMILES string of the molecule is CCOP(=O)(OCC)[C@H]1N[C@H](c2ccccc2)SC1(C)C. The monoisotopic (exact) mass is 329 g/mol. The molecular weight excluding hydrogens is 305 g/mol. The third-order valence-corrected chi connectivity index (χ3v) is 7.75. The summed E-state index contributed by atoms with van der Waals surface area (Å²) in [4.78, 5) is 0. The van der Waals surface area contributed by atoms with Gasteiger partial charge in [0.15, 0.2) is 0 Å². The number of nitrogens with one attached hydrogen (secondary N) is 1. The molecule has 2 atom stereocenters. The minimum atomic E-state index is -3.18. The van der Waals surface area contributed by atoms with Crippen molar-refractivity contribution < 1.29 is 13.6 Å². The maximum absolute atomic E-state index is 13.1.